The summed E-state index contributed by atoms with van der Waals surface area (Å²) >= 11 is 0. The van der Waals surface area contributed by atoms with Gasteiger partial charge in [0.25, 0.3) is 0 Å². The topological polar surface area (TPSA) is 68.2 Å². The SMILES string of the molecule is CO[C@@H]1CCCC[C@@H]1NC(=O)NCc1ccc(-n2ccnc2)c(F)c1. The van der Waals surface area contributed by atoms with Crippen molar-refractivity contribution in [3.8, 4) is 5.69 Å². The van der Waals surface area contributed by atoms with Crippen molar-refractivity contribution in [1.82, 2.24) is 20.2 Å². The first-order chi connectivity index (χ1) is 12.2. The second-order valence-corrected chi connectivity index (χ2v) is 6.25. The lowest BCUT2D eigenvalue weighted by atomic mass is 9.92. The normalized spacial score (nSPS) is 20.2. The van der Waals surface area contributed by atoms with E-state index in [0.29, 0.717) is 11.3 Å². The molecule has 1 aromatic carbocycles. The number of nitrogens with zero attached hydrogens (tertiary/aromatic N) is 2. The Balaban J connectivity index is 1.54. The maximum atomic E-state index is 14.2. The van der Waals surface area contributed by atoms with Crippen LogP contribution in [-0.4, -0.2) is 34.8 Å². The van der Waals surface area contributed by atoms with Crippen LogP contribution in [0.3, 0.4) is 0 Å². The van der Waals surface area contributed by atoms with Crippen LogP contribution in [0.5, 0.6) is 0 Å². The lowest BCUT2D eigenvalue weighted by Crippen LogP contribution is -2.49. The smallest absolute Gasteiger partial charge is 0.315 e. The summed E-state index contributed by atoms with van der Waals surface area (Å²) in [6.07, 6.45) is 8.97. The van der Waals surface area contributed by atoms with Crippen molar-refractivity contribution >= 4 is 6.03 Å². The van der Waals surface area contributed by atoms with E-state index < -0.39 is 0 Å². The number of halogens is 1. The number of hydrogen-bond donors (Lipinski definition) is 2. The van der Waals surface area contributed by atoms with E-state index in [-0.39, 0.29) is 30.5 Å². The molecule has 2 amide bonds. The number of methoxy groups -OCH3 is 1. The summed E-state index contributed by atoms with van der Waals surface area (Å²) in [6, 6.07) is 4.66. The van der Waals surface area contributed by atoms with Gasteiger partial charge in [-0.25, -0.2) is 14.2 Å². The molecule has 1 fully saturated rings. The summed E-state index contributed by atoms with van der Waals surface area (Å²) in [6.45, 7) is 0.261. The average molecular weight is 346 g/mol. The van der Waals surface area contributed by atoms with Gasteiger partial charge in [-0.05, 0) is 30.5 Å². The van der Waals surface area contributed by atoms with Gasteiger partial charge < -0.3 is 19.9 Å². The largest absolute Gasteiger partial charge is 0.379 e. The molecule has 0 saturated heterocycles. The van der Waals surface area contributed by atoms with Gasteiger partial charge in [-0.15, -0.1) is 0 Å². The number of benzene rings is 1. The van der Waals surface area contributed by atoms with Crippen molar-refractivity contribution in [2.24, 2.45) is 0 Å². The van der Waals surface area contributed by atoms with Crippen LogP contribution in [-0.2, 0) is 11.3 Å². The number of ether oxygens (including phenoxy) is 1. The first-order valence-electron chi connectivity index (χ1n) is 8.51. The van der Waals surface area contributed by atoms with Crippen molar-refractivity contribution in [2.75, 3.05) is 7.11 Å². The van der Waals surface area contributed by atoms with Crippen molar-refractivity contribution in [1.29, 1.82) is 0 Å². The van der Waals surface area contributed by atoms with E-state index in [1.165, 1.54) is 6.07 Å². The molecule has 0 unspecified atom stereocenters. The van der Waals surface area contributed by atoms with E-state index in [4.69, 9.17) is 4.74 Å². The van der Waals surface area contributed by atoms with Gasteiger partial charge in [-0.1, -0.05) is 18.9 Å². The Morgan fingerprint density at radius 3 is 2.96 bits per heavy atom. The van der Waals surface area contributed by atoms with Gasteiger partial charge in [0.05, 0.1) is 24.2 Å². The quantitative estimate of drug-likeness (QED) is 0.875. The molecule has 7 heteroatoms. The summed E-state index contributed by atoms with van der Waals surface area (Å²) in [5.74, 6) is -0.357. The van der Waals surface area contributed by atoms with Gasteiger partial charge in [-0.3, -0.25) is 0 Å². The average Bonchev–Trinajstić information content (AvgIpc) is 3.15. The molecule has 134 valence electrons. The lowest BCUT2D eigenvalue weighted by molar-refractivity contribution is 0.0452. The monoisotopic (exact) mass is 346 g/mol. The van der Waals surface area contributed by atoms with Gasteiger partial charge >= 0.3 is 6.03 Å². The predicted molar refractivity (Wildman–Crippen MR) is 91.9 cm³/mol. The van der Waals surface area contributed by atoms with Crippen LogP contribution in [0.1, 0.15) is 31.2 Å². The van der Waals surface area contributed by atoms with Gasteiger partial charge in [0, 0.05) is 26.0 Å². The number of carbonyl (C=O) groups excluding carboxylic acids is 1. The number of amides is 2. The van der Waals surface area contributed by atoms with Crippen molar-refractivity contribution in [2.45, 2.75) is 44.4 Å². The first-order valence-corrected chi connectivity index (χ1v) is 8.51. The summed E-state index contributed by atoms with van der Waals surface area (Å²) < 4.78 is 21.3. The Morgan fingerprint density at radius 2 is 2.24 bits per heavy atom. The van der Waals surface area contributed by atoms with E-state index in [1.807, 2.05) is 0 Å². The molecule has 3 rings (SSSR count). The third kappa shape index (κ3) is 4.36. The standard InChI is InChI=1S/C18H23FN4O2/c1-25-17-5-3-2-4-15(17)22-18(24)21-11-13-6-7-16(14(19)10-13)23-9-8-20-12-23/h6-10,12,15,17H,2-5,11H2,1H3,(H2,21,22,24)/t15-,17+/m0/s1. The summed E-state index contributed by atoms with van der Waals surface area (Å²) in [5, 5.41) is 5.74. The van der Waals surface area contributed by atoms with Crippen molar-refractivity contribution < 1.29 is 13.9 Å². The molecular formula is C18H23FN4O2. The first kappa shape index (κ1) is 17.4. The zero-order valence-corrected chi connectivity index (χ0v) is 14.2. The highest BCUT2D eigenvalue weighted by Gasteiger charge is 2.26. The maximum Gasteiger partial charge on any atom is 0.315 e. The number of hydrogen-bond acceptors (Lipinski definition) is 3. The molecular weight excluding hydrogens is 323 g/mol. The minimum absolute atomic E-state index is 0.0269. The molecule has 1 aliphatic carbocycles. The molecule has 2 N–H and O–H groups in total. The number of urea groups is 1. The van der Waals surface area contributed by atoms with E-state index in [1.54, 1.807) is 42.5 Å². The second-order valence-electron chi connectivity index (χ2n) is 6.25. The predicted octanol–water partition coefficient (Wildman–Crippen LogP) is 2.77. The van der Waals surface area contributed by atoms with Gasteiger partial charge in [0.1, 0.15) is 5.82 Å². The molecule has 1 heterocycles. The number of nitrogens with one attached hydrogen (secondary N) is 2. The molecule has 0 bridgehead atoms. The van der Waals surface area contributed by atoms with Crippen LogP contribution >= 0.6 is 0 Å². The third-order valence-corrected chi connectivity index (χ3v) is 4.57. The summed E-state index contributed by atoms with van der Waals surface area (Å²) in [7, 11) is 1.67. The fourth-order valence-corrected chi connectivity index (χ4v) is 3.22. The highest BCUT2D eigenvalue weighted by Crippen LogP contribution is 2.20. The molecule has 2 aromatic rings. The molecule has 25 heavy (non-hydrogen) atoms. The Morgan fingerprint density at radius 1 is 1.40 bits per heavy atom. The van der Waals surface area contributed by atoms with Crippen LogP contribution in [0.4, 0.5) is 9.18 Å². The molecule has 1 aliphatic rings. The molecule has 0 aliphatic heterocycles. The van der Waals surface area contributed by atoms with E-state index in [9.17, 15) is 9.18 Å². The van der Waals surface area contributed by atoms with E-state index in [2.05, 4.69) is 15.6 Å². The molecule has 1 saturated carbocycles. The lowest BCUT2D eigenvalue weighted by Gasteiger charge is -2.31. The zero-order valence-electron chi connectivity index (χ0n) is 14.2. The van der Waals surface area contributed by atoms with E-state index in [0.717, 1.165) is 25.7 Å². The number of rotatable bonds is 5. The Bertz CT molecular complexity index is 705. The molecule has 0 radical (unpaired) electrons. The molecule has 0 spiro atoms. The van der Waals surface area contributed by atoms with Crippen LogP contribution in [0.15, 0.2) is 36.9 Å². The number of imidazole rings is 1. The van der Waals surface area contributed by atoms with E-state index >= 15 is 0 Å². The van der Waals surface area contributed by atoms with Crippen LogP contribution in [0.25, 0.3) is 5.69 Å². The Labute approximate surface area is 146 Å². The molecule has 1 aromatic heterocycles. The van der Waals surface area contributed by atoms with Crippen molar-refractivity contribution in [3.63, 3.8) is 0 Å². The van der Waals surface area contributed by atoms with Gasteiger partial charge in [0.2, 0.25) is 0 Å². The third-order valence-electron chi connectivity index (χ3n) is 4.57. The van der Waals surface area contributed by atoms with Crippen molar-refractivity contribution in [3.05, 3.63) is 48.3 Å². The summed E-state index contributed by atoms with van der Waals surface area (Å²) in [4.78, 5) is 16.0. The highest BCUT2D eigenvalue weighted by molar-refractivity contribution is 5.74. The van der Waals surface area contributed by atoms with Crippen LogP contribution in [0, 0.1) is 5.82 Å². The Kier molecular flexibility index (Phi) is 5.65. The highest BCUT2D eigenvalue weighted by atomic mass is 19.1. The molecule has 6 nitrogen and oxygen atoms in total. The maximum absolute atomic E-state index is 14.2. The van der Waals surface area contributed by atoms with Crippen LogP contribution in [0.2, 0.25) is 0 Å². The van der Waals surface area contributed by atoms with Gasteiger partial charge in [-0.2, -0.15) is 0 Å². The fourth-order valence-electron chi connectivity index (χ4n) is 3.22. The van der Waals surface area contributed by atoms with Crippen LogP contribution < -0.4 is 10.6 Å². The number of aromatic nitrogens is 2. The van der Waals surface area contributed by atoms with Gasteiger partial charge in [0.15, 0.2) is 0 Å². The summed E-state index contributed by atoms with van der Waals surface area (Å²) in [5.41, 5.74) is 1.12. The minimum atomic E-state index is -0.357. The Hall–Kier alpha value is -2.41. The fraction of sp³-hybridized carbons (Fsp3) is 0.444. The second kappa shape index (κ2) is 8.11. The number of carbonyl (C=O) groups is 1. The molecule has 2 atom stereocenters. The minimum Gasteiger partial charge on any atom is -0.379 e. The zero-order chi connectivity index (χ0) is 17.6.